The number of benzene rings is 1. The lowest BCUT2D eigenvalue weighted by atomic mass is 9.78. The molecule has 0 aliphatic carbocycles. The van der Waals surface area contributed by atoms with E-state index in [1.807, 2.05) is 52.1 Å². The van der Waals surface area contributed by atoms with Crippen LogP contribution in [0.1, 0.15) is 27.7 Å². The molecule has 3 rings (SSSR count). The lowest BCUT2D eigenvalue weighted by Gasteiger charge is -2.32. The fourth-order valence-corrected chi connectivity index (χ4v) is 3.02. The number of aryl methyl sites for hydroxylation is 1. The molecule has 0 radical (unpaired) electrons. The van der Waals surface area contributed by atoms with Crippen molar-refractivity contribution in [1.29, 1.82) is 0 Å². The van der Waals surface area contributed by atoms with Crippen LogP contribution < -0.4 is 11.0 Å². The highest BCUT2D eigenvalue weighted by Gasteiger charge is 2.51. The van der Waals surface area contributed by atoms with Crippen LogP contribution in [0, 0.1) is 0 Å². The summed E-state index contributed by atoms with van der Waals surface area (Å²) in [4.78, 5) is 12.5. The summed E-state index contributed by atoms with van der Waals surface area (Å²) in [5, 5.41) is 5.76. The zero-order valence-corrected chi connectivity index (χ0v) is 15.6. The Kier molecular flexibility index (Phi) is 4.53. The summed E-state index contributed by atoms with van der Waals surface area (Å²) in [6.45, 7) is 8.73. The minimum absolute atomic E-state index is 0.0537. The van der Waals surface area contributed by atoms with Crippen molar-refractivity contribution in [3.8, 4) is 0 Å². The van der Waals surface area contributed by atoms with Crippen molar-refractivity contribution in [2.75, 3.05) is 12.0 Å². The molecule has 1 aliphatic heterocycles. The number of nitrogens with zero attached hydrogens (tertiary/aromatic N) is 2. The number of aromatic nitrogens is 2. The summed E-state index contributed by atoms with van der Waals surface area (Å²) in [7, 11) is -0.432. The van der Waals surface area contributed by atoms with Crippen molar-refractivity contribution in [2.45, 2.75) is 45.4 Å². The molecule has 24 heavy (non-hydrogen) atoms. The summed E-state index contributed by atoms with van der Waals surface area (Å²) in [6, 6.07) is 5.69. The lowest BCUT2D eigenvalue weighted by molar-refractivity contribution is 0.00578. The molecule has 7 heteroatoms. The molecule has 0 atom stereocenters. The van der Waals surface area contributed by atoms with Crippen molar-refractivity contribution < 1.29 is 9.31 Å². The highest BCUT2D eigenvalue weighted by atomic mass is 32.2. The molecule has 0 N–H and O–H groups in total. The molecule has 0 spiro atoms. The molecular formula is C17H23BN2O3S. The SMILES string of the molecule is CSCCn1ncc2cc(B3OC(C)(C)C(C)(C)O3)ccc2c1=O. The maximum atomic E-state index is 12.5. The number of thioether (sulfide) groups is 1. The third-order valence-corrected chi connectivity index (χ3v) is 5.50. The van der Waals surface area contributed by atoms with Gasteiger partial charge in [0, 0.05) is 11.1 Å². The zero-order chi connectivity index (χ0) is 17.5. The average Bonchev–Trinajstić information content (AvgIpc) is 2.74. The van der Waals surface area contributed by atoms with Crippen LogP contribution in [-0.4, -0.2) is 40.1 Å². The molecule has 128 valence electrons. The first-order valence-electron chi connectivity index (χ1n) is 8.09. The van der Waals surface area contributed by atoms with Crippen LogP contribution in [0.25, 0.3) is 10.8 Å². The second kappa shape index (κ2) is 6.21. The van der Waals surface area contributed by atoms with E-state index in [1.165, 1.54) is 4.68 Å². The Labute approximate surface area is 146 Å². The molecule has 1 saturated heterocycles. The van der Waals surface area contributed by atoms with Gasteiger partial charge in [-0.2, -0.15) is 16.9 Å². The molecule has 2 aromatic rings. The van der Waals surface area contributed by atoms with Gasteiger partial charge < -0.3 is 9.31 Å². The third kappa shape index (κ3) is 3.00. The molecule has 1 fully saturated rings. The zero-order valence-electron chi connectivity index (χ0n) is 14.8. The normalized spacial score (nSPS) is 19.1. The average molecular weight is 346 g/mol. The summed E-state index contributed by atoms with van der Waals surface area (Å²) in [6.07, 6.45) is 3.76. The Morgan fingerprint density at radius 3 is 2.50 bits per heavy atom. The van der Waals surface area contributed by atoms with Crippen molar-refractivity contribution in [2.24, 2.45) is 0 Å². The first-order valence-corrected chi connectivity index (χ1v) is 9.49. The Bertz CT molecular complexity index is 803. The Hall–Kier alpha value is -1.31. The van der Waals surface area contributed by atoms with Crippen molar-refractivity contribution in [3.63, 3.8) is 0 Å². The molecule has 0 unspecified atom stereocenters. The highest BCUT2D eigenvalue weighted by Crippen LogP contribution is 2.36. The van der Waals surface area contributed by atoms with E-state index in [2.05, 4.69) is 5.10 Å². The van der Waals surface area contributed by atoms with Crippen molar-refractivity contribution in [1.82, 2.24) is 9.78 Å². The molecular weight excluding hydrogens is 323 g/mol. The fraction of sp³-hybridized carbons (Fsp3) is 0.529. The number of hydrogen-bond donors (Lipinski definition) is 0. The van der Waals surface area contributed by atoms with Crippen LogP contribution >= 0.6 is 11.8 Å². The highest BCUT2D eigenvalue weighted by molar-refractivity contribution is 7.98. The largest absolute Gasteiger partial charge is 0.494 e. The van der Waals surface area contributed by atoms with Gasteiger partial charge in [0.25, 0.3) is 5.56 Å². The van der Waals surface area contributed by atoms with Crippen LogP contribution in [0.4, 0.5) is 0 Å². The van der Waals surface area contributed by atoms with Crippen LogP contribution in [0.15, 0.2) is 29.2 Å². The van der Waals surface area contributed by atoms with E-state index in [9.17, 15) is 4.79 Å². The number of fused-ring (bicyclic) bond motifs is 1. The van der Waals surface area contributed by atoms with Crippen LogP contribution in [0.2, 0.25) is 0 Å². The Balaban J connectivity index is 1.95. The second-order valence-corrected chi connectivity index (χ2v) is 8.09. The van der Waals surface area contributed by atoms with Crippen molar-refractivity contribution in [3.05, 3.63) is 34.7 Å². The van der Waals surface area contributed by atoms with Crippen LogP contribution in [0.3, 0.4) is 0 Å². The summed E-state index contributed by atoms with van der Waals surface area (Å²) >= 11 is 1.70. The van der Waals surface area contributed by atoms with Gasteiger partial charge in [0.05, 0.1) is 29.3 Å². The van der Waals surface area contributed by atoms with Gasteiger partial charge in [-0.1, -0.05) is 12.1 Å². The van der Waals surface area contributed by atoms with Gasteiger partial charge in [-0.05, 0) is 45.5 Å². The minimum atomic E-state index is -0.432. The summed E-state index contributed by atoms with van der Waals surface area (Å²) in [5.41, 5.74) is 0.0873. The maximum absolute atomic E-state index is 12.5. The molecule has 1 aromatic heterocycles. The van der Waals surface area contributed by atoms with Gasteiger partial charge in [-0.15, -0.1) is 0 Å². The first-order chi connectivity index (χ1) is 11.2. The standard InChI is InChI=1S/C17H23BN2O3S/c1-16(2)17(3,4)23-18(22-16)13-6-7-14-12(10-13)11-19-20(15(14)21)8-9-24-5/h6-7,10-11H,8-9H2,1-5H3. The van der Waals surface area contributed by atoms with E-state index in [0.29, 0.717) is 11.9 Å². The van der Waals surface area contributed by atoms with Crippen molar-refractivity contribution >= 4 is 35.1 Å². The molecule has 2 heterocycles. The monoisotopic (exact) mass is 346 g/mol. The van der Waals surface area contributed by atoms with Crippen LogP contribution in [0.5, 0.6) is 0 Å². The van der Waals surface area contributed by atoms with Gasteiger partial charge in [0.2, 0.25) is 0 Å². The van der Waals surface area contributed by atoms with E-state index in [-0.39, 0.29) is 16.8 Å². The van der Waals surface area contributed by atoms with Gasteiger partial charge in [-0.3, -0.25) is 4.79 Å². The van der Waals surface area contributed by atoms with E-state index >= 15 is 0 Å². The van der Waals surface area contributed by atoms with Gasteiger partial charge in [0.15, 0.2) is 0 Å². The lowest BCUT2D eigenvalue weighted by Crippen LogP contribution is -2.41. The smallest absolute Gasteiger partial charge is 0.399 e. The minimum Gasteiger partial charge on any atom is -0.399 e. The fourth-order valence-electron chi connectivity index (χ4n) is 2.67. The molecule has 0 bridgehead atoms. The molecule has 1 aromatic carbocycles. The molecule has 0 amide bonds. The number of hydrogen-bond acceptors (Lipinski definition) is 5. The quantitative estimate of drug-likeness (QED) is 0.794. The molecule has 0 saturated carbocycles. The summed E-state index contributed by atoms with van der Waals surface area (Å²) < 4.78 is 13.7. The van der Waals surface area contributed by atoms with Gasteiger partial charge >= 0.3 is 7.12 Å². The van der Waals surface area contributed by atoms with E-state index in [4.69, 9.17) is 9.31 Å². The second-order valence-electron chi connectivity index (χ2n) is 7.10. The predicted octanol–water partition coefficient (Wildman–Crippen LogP) is 2.06. The van der Waals surface area contributed by atoms with E-state index < -0.39 is 7.12 Å². The topological polar surface area (TPSA) is 53.4 Å². The van der Waals surface area contributed by atoms with E-state index in [0.717, 1.165) is 16.6 Å². The molecule has 1 aliphatic rings. The van der Waals surface area contributed by atoms with Gasteiger partial charge in [0.1, 0.15) is 0 Å². The number of rotatable bonds is 4. The Morgan fingerprint density at radius 1 is 1.21 bits per heavy atom. The summed E-state index contributed by atoms with van der Waals surface area (Å²) in [5.74, 6) is 0.865. The van der Waals surface area contributed by atoms with E-state index in [1.54, 1.807) is 18.0 Å². The predicted molar refractivity (Wildman–Crippen MR) is 100 cm³/mol. The van der Waals surface area contributed by atoms with Gasteiger partial charge in [-0.25, -0.2) is 4.68 Å². The van der Waals surface area contributed by atoms with Crippen LogP contribution in [-0.2, 0) is 15.9 Å². The third-order valence-electron chi connectivity index (χ3n) is 4.91. The molecule has 5 nitrogen and oxygen atoms in total. The maximum Gasteiger partial charge on any atom is 0.494 e. The first kappa shape index (κ1) is 17.5. The Morgan fingerprint density at radius 2 is 1.88 bits per heavy atom.